The highest BCUT2D eigenvalue weighted by molar-refractivity contribution is 6.39. The summed E-state index contributed by atoms with van der Waals surface area (Å²) in [6.45, 7) is 0. The van der Waals surface area contributed by atoms with E-state index in [2.05, 4.69) is 16.0 Å². The van der Waals surface area contributed by atoms with Crippen molar-refractivity contribution in [2.24, 2.45) is 0 Å². The zero-order valence-electron chi connectivity index (χ0n) is 12.0. The van der Waals surface area contributed by atoms with E-state index in [4.69, 9.17) is 0 Å². The molecule has 112 valence electrons. The van der Waals surface area contributed by atoms with Gasteiger partial charge in [0.25, 0.3) is 0 Å². The van der Waals surface area contributed by atoms with Gasteiger partial charge in [-0.05, 0) is 49.2 Å². The van der Waals surface area contributed by atoms with Crippen LogP contribution in [0, 0.1) is 0 Å². The van der Waals surface area contributed by atoms with Gasteiger partial charge in [0.1, 0.15) is 0 Å². The lowest BCUT2D eigenvalue weighted by Crippen LogP contribution is -2.36. The van der Waals surface area contributed by atoms with Crippen LogP contribution in [0.3, 0.4) is 0 Å². The molecule has 0 unspecified atom stereocenters. The first kappa shape index (κ1) is 14.1. The Morgan fingerprint density at radius 3 is 2.00 bits per heavy atom. The number of amides is 2. The Balaban J connectivity index is 1.56. The third-order valence-corrected chi connectivity index (χ3v) is 3.32. The largest absolute Gasteiger partial charge is 0.356 e. The fraction of sp³-hybridized carbons (Fsp3) is 0.176. The van der Waals surface area contributed by atoms with Gasteiger partial charge in [0.05, 0.1) is 0 Å². The minimum atomic E-state index is -0.629. The van der Waals surface area contributed by atoms with Crippen LogP contribution in [0.4, 0.5) is 17.1 Å². The second-order valence-electron chi connectivity index (χ2n) is 5.27. The highest BCUT2D eigenvalue weighted by Gasteiger charge is 2.26. The molecule has 22 heavy (non-hydrogen) atoms. The van der Waals surface area contributed by atoms with Crippen molar-refractivity contribution in [2.45, 2.75) is 18.9 Å². The topological polar surface area (TPSA) is 70.2 Å². The number of anilines is 3. The van der Waals surface area contributed by atoms with Crippen molar-refractivity contribution in [1.82, 2.24) is 5.32 Å². The number of carbonyl (C=O) groups excluding carboxylic acids is 2. The SMILES string of the molecule is O=C(Nc1ccc(Nc2ccccc2)cc1)C(=O)NC1CC1. The average molecular weight is 295 g/mol. The first-order chi connectivity index (χ1) is 10.7. The summed E-state index contributed by atoms with van der Waals surface area (Å²) in [6, 6.07) is 17.2. The van der Waals surface area contributed by atoms with E-state index in [1.54, 1.807) is 12.1 Å². The van der Waals surface area contributed by atoms with Gasteiger partial charge in [-0.15, -0.1) is 0 Å². The smallest absolute Gasteiger partial charge is 0.313 e. The zero-order valence-corrected chi connectivity index (χ0v) is 12.0. The quantitative estimate of drug-likeness (QED) is 0.759. The summed E-state index contributed by atoms with van der Waals surface area (Å²) >= 11 is 0. The lowest BCUT2D eigenvalue weighted by atomic mass is 10.2. The molecule has 0 radical (unpaired) electrons. The molecule has 2 amide bonds. The summed E-state index contributed by atoms with van der Waals surface area (Å²) in [7, 11) is 0. The number of nitrogens with one attached hydrogen (secondary N) is 3. The van der Waals surface area contributed by atoms with Gasteiger partial charge in [0.15, 0.2) is 0 Å². The summed E-state index contributed by atoms with van der Waals surface area (Å²) < 4.78 is 0. The van der Waals surface area contributed by atoms with E-state index >= 15 is 0 Å². The zero-order chi connectivity index (χ0) is 15.4. The maximum atomic E-state index is 11.7. The van der Waals surface area contributed by atoms with Crippen LogP contribution in [0.5, 0.6) is 0 Å². The lowest BCUT2D eigenvalue weighted by Gasteiger charge is -2.08. The van der Waals surface area contributed by atoms with E-state index in [0.717, 1.165) is 24.2 Å². The van der Waals surface area contributed by atoms with Crippen LogP contribution in [0.1, 0.15) is 12.8 Å². The van der Waals surface area contributed by atoms with Crippen molar-refractivity contribution in [3.8, 4) is 0 Å². The molecular formula is C17H17N3O2. The minimum absolute atomic E-state index is 0.177. The molecule has 0 saturated heterocycles. The molecule has 3 rings (SSSR count). The molecule has 5 heteroatoms. The van der Waals surface area contributed by atoms with Gasteiger partial charge < -0.3 is 16.0 Å². The standard InChI is InChI=1S/C17H17N3O2/c21-16(17(22)20-15-10-11-15)19-14-8-6-13(7-9-14)18-12-4-2-1-3-5-12/h1-9,15,18H,10-11H2,(H,19,21)(H,20,22). The summed E-state index contributed by atoms with van der Waals surface area (Å²) in [5, 5.41) is 8.49. The molecule has 1 aliphatic rings. The Morgan fingerprint density at radius 1 is 0.773 bits per heavy atom. The monoisotopic (exact) mass is 295 g/mol. The molecule has 0 atom stereocenters. The first-order valence-electron chi connectivity index (χ1n) is 7.25. The number of benzene rings is 2. The molecule has 0 bridgehead atoms. The molecule has 0 aliphatic heterocycles. The van der Waals surface area contributed by atoms with Gasteiger partial charge in [-0.2, -0.15) is 0 Å². The second kappa shape index (κ2) is 6.30. The molecule has 0 heterocycles. The Kier molecular flexibility index (Phi) is 4.05. The molecule has 3 N–H and O–H groups in total. The number of hydrogen-bond donors (Lipinski definition) is 3. The molecule has 0 aromatic heterocycles. The maximum Gasteiger partial charge on any atom is 0.313 e. The fourth-order valence-corrected chi connectivity index (χ4v) is 1.99. The van der Waals surface area contributed by atoms with E-state index in [0.29, 0.717) is 5.69 Å². The molecular weight excluding hydrogens is 278 g/mol. The highest BCUT2D eigenvalue weighted by Crippen LogP contribution is 2.19. The van der Waals surface area contributed by atoms with Crippen molar-refractivity contribution < 1.29 is 9.59 Å². The number of para-hydroxylation sites is 1. The summed E-state index contributed by atoms with van der Waals surface area (Å²) in [6.07, 6.45) is 1.91. The van der Waals surface area contributed by atoms with Crippen molar-refractivity contribution in [1.29, 1.82) is 0 Å². The van der Waals surface area contributed by atoms with Crippen molar-refractivity contribution in [3.05, 3.63) is 54.6 Å². The van der Waals surface area contributed by atoms with Gasteiger partial charge in [-0.3, -0.25) is 9.59 Å². The van der Waals surface area contributed by atoms with Crippen LogP contribution in [0.25, 0.3) is 0 Å². The first-order valence-corrected chi connectivity index (χ1v) is 7.25. The lowest BCUT2D eigenvalue weighted by molar-refractivity contribution is -0.136. The molecule has 2 aromatic rings. The van der Waals surface area contributed by atoms with Gasteiger partial charge in [0.2, 0.25) is 0 Å². The van der Waals surface area contributed by atoms with Crippen LogP contribution in [-0.2, 0) is 9.59 Å². The maximum absolute atomic E-state index is 11.7. The van der Waals surface area contributed by atoms with E-state index < -0.39 is 11.8 Å². The fourth-order valence-electron chi connectivity index (χ4n) is 1.99. The van der Waals surface area contributed by atoms with Crippen LogP contribution < -0.4 is 16.0 Å². The number of carbonyl (C=O) groups is 2. The second-order valence-corrected chi connectivity index (χ2v) is 5.27. The molecule has 0 spiro atoms. The molecule has 1 aliphatic carbocycles. The summed E-state index contributed by atoms with van der Waals surface area (Å²) in [4.78, 5) is 23.3. The van der Waals surface area contributed by atoms with E-state index in [9.17, 15) is 9.59 Å². The van der Waals surface area contributed by atoms with Gasteiger partial charge >= 0.3 is 11.8 Å². The minimum Gasteiger partial charge on any atom is -0.356 e. The van der Waals surface area contributed by atoms with E-state index in [-0.39, 0.29) is 6.04 Å². The van der Waals surface area contributed by atoms with Gasteiger partial charge in [-0.25, -0.2) is 0 Å². The molecule has 2 aromatic carbocycles. The Bertz CT molecular complexity index is 664. The third-order valence-electron chi connectivity index (χ3n) is 3.32. The van der Waals surface area contributed by atoms with E-state index in [1.165, 1.54) is 0 Å². The van der Waals surface area contributed by atoms with Crippen molar-refractivity contribution in [2.75, 3.05) is 10.6 Å². The average Bonchev–Trinajstić information content (AvgIpc) is 3.34. The van der Waals surface area contributed by atoms with E-state index in [1.807, 2.05) is 42.5 Å². The van der Waals surface area contributed by atoms with Crippen molar-refractivity contribution in [3.63, 3.8) is 0 Å². The van der Waals surface area contributed by atoms with Crippen LogP contribution in [0.2, 0.25) is 0 Å². The highest BCUT2D eigenvalue weighted by atomic mass is 16.2. The Labute approximate surface area is 128 Å². The molecule has 1 saturated carbocycles. The van der Waals surface area contributed by atoms with Gasteiger partial charge in [-0.1, -0.05) is 18.2 Å². The van der Waals surface area contributed by atoms with Crippen LogP contribution in [-0.4, -0.2) is 17.9 Å². The van der Waals surface area contributed by atoms with Crippen LogP contribution in [0.15, 0.2) is 54.6 Å². The predicted molar refractivity (Wildman–Crippen MR) is 86.0 cm³/mol. The molecule has 5 nitrogen and oxygen atoms in total. The Hall–Kier alpha value is -2.82. The number of hydrogen-bond acceptors (Lipinski definition) is 3. The third kappa shape index (κ3) is 3.85. The summed E-state index contributed by atoms with van der Waals surface area (Å²) in [5.74, 6) is -1.20. The summed E-state index contributed by atoms with van der Waals surface area (Å²) in [5.41, 5.74) is 2.49. The van der Waals surface area contributed by atoms with Crippen LogP contribution >= 0.6 is 0 Å². The Morgan fingerprint density at radius 2 is 1.36 bits per heavy atom. The van der Waals surface area contributed by atoms with Crippen molar-refractivity contribution >= 4 is 28.9 Å². The predicted octanol–water partition coefficient (Wildman–Crippen LogP) is 2.65. The normalized spacial score (nSPS) is 13.3. The molecule has 1 fully saturated rings. The number of rotatable bonds is 4. The van der Waals surface area contributed by atoms with Gasteiger partial charge in [0, 0.05) is 23.1 Å².